The van der Waals surface area contributed by atoms with Gasteiger partial charge in [-0.3, -0.25) is 9.48 Å². The maximum atomic E-state index is 11.6. The van der Waals surface area contributed by atoms with Gasteiger partial charge in [-0.25, -0.2) is 0 Å². The van der Waals surface area contributed by atoms with Crippen LogP contribution in [0.15, 0.2) is 42.5 Å². The molecule has 0 aliphatic rings. The zero-order chi connectivity index (χ0) is 15.7. The molecule has 4 heteroatoms. The van der Waals surface area contributed by atoms with Crippen molar-refractivity contribution in [2.75, 3.05) is 7.11 Å². The van der Waals surface area contributed by atoms with Crippen LogP contribution in [0.2, 0.25) is 0 Å². The number of carbonyl (C=O) groups excluding carboxylic acids is 1. The van der Waals surface area contributed by atoms with Crippen LogP contribution in [0, 0.1) is 13.8 Å². The number of benzene rings is 2. The van der Waals surface area contributed by atoms with Gasteiger partial charge in [0.2, 0.25) is 0 Å². The predicted molar refractivity (Wildman–Crippen MR) is 86.7 cm³/mol. The van der Waals surface area contributed by atoms with E-state index in [2.05, 4.69) is 31.1 Å². The first-order valence-electron chi connectivity index (χ1n) is 7.20. The number of esters is 1. The molecule has 0 saturated carbocycles. The van der Waals surface area contributed by atoms with Gasteiger partial charge in [-0.2, -0.15) is 5.10 Å². The van der Waals surface area contributed by atoms with Gasteiger partial charge >= 0.3 is 5.97 Å². The minimum absolute atomic E-state index is 0.113. The van der Waals surface area contributed by atoms with Crippen molar-refractivity contribution < 1.29 is 9.53 Å². The molecule has 2 aromatic carbocycles. The summed E-state index contributed by atoms with van der Waals surface area (Å²) in [5, 5.41) is 5.73. The van der Waals surface area contributed by atoms with E-state index in [1.165, 1.54) is 18.2 Å². The van der Waals surface area contributed by atoms with Gasteiger partial charge in [0.25, 0.3) is 0 Å². The number of rotatable bonds is 3. The molecule has 4 nitrogen and oxygen atoms in total. The van der Waals surface area contributed by atoms with Gasteiger partial charge in [-0.05, 0) is 31.0 Å². The molecule has 0 aliphatic heterocycles. The first-order chi connectivity index (χ1) is 10.6. The van der Waals surface area contributed by atoms with E-state index in [4.69, 9.17) is 4.74 Å². The van der Waals surface area contributed by atoms with Crippen molar-refractivity contribution in [2.45, 2.75) is 20.4 Å². The molecule has 0 N–H and O–H groups in total. The normalized spacial score (nSPS) is 10.9. The first kappa shape index (κ1) is 14.3. The molecule has 112 valence electrons. The molecule has 0 radical (unpaired) electrons. The largest absolute Gasteiger partial charge is 0.468 e. The zero-order valence-corrected chi connectivity index (χ0v) is 13.0. The van der Waals surface area contributed by atoms with E-state index < -0.39 is 0 Å². The Balaban J connectivity index is 2.25. The number of aryl methyl sites for hydroxylation is 2. The highest BCUT2D eigenvalue weighted by Gasteiger charge is 2.16. The fraction of sp³-hybridized carbons (Fsp3) is 0.222. The van der Waals surface area contributed by atoms with Crippen LogP contribution in [0.25, 0.3) is 22.2 Å². The van der Waals surface area contributed by atoms with Crippen molar-refractivity contribution in [1.29, 1.82) is 0 Å². The van der Waals surface area contributed by atoms with E-state index in [-0.39, 0.29) is 12.5 Å². The smallest absolute Gasteiger partial charge is 0.327 e. The van der Waals surface area contributed by atoms with E-state index in [1.807, 2.05) is 30.3 Å². The second-order valence-corrected chi connectivity index (χ2v) is 5.37. The Morgan fingerprint density at radius 2 is 1.77 bits per heavy atom. The highest BCUT2D eigenvalue weighted by atomic mass is 16.5. The summed E-state index contributed by atoms with van der Waals surface area (Å²) in [4.78, 5) is 11.6. The molecule has 0 spiro atoms. The number of methoxy groups -OCH3 is 1. The van der Waals surface area contributed by atoms with Gasteiger partial charge in [0.1, 0.15) is 12.2 Å². The van der Waals surface area contributed by atoms with Crippen LogP contribution in [0.3, 0.4) is 0 Å². The number of fused-ring (bicyclic) bond motifs is 1. The lowest BCUT2D eigenvalue weighted by Crippen LogP contribution is -2.12. The van der Waals surface area contributed by atoms with Crippen LogP contribution in [0.5, 0.6) is 0 Å². The minimum Gasteiger partial charge on any atom is -0.468 e. The van der Waals surface area contributed by atoms with Crippen molar-refractivity contribution in [3.05, 3.63) is 53.6 Å². The van der Waals surface area contributed by atoms with Gasteiger partial charge in [-0.15, -0.1) is 0 Å². The van der Waals surface area contributed by atoms with Gasteiger partial charge in [0, 0.05) is 10.9 Å². The van der Waals surface area contributed by atoms with Crippen LogP contribution in [0.1, 0.15) is 11.1 Å². The highest BCUT2D eigenvalue weighted by Crippen LogP contribution is 2.32. The average Bonchev–Trinajstić information content (AvgIpc) is 2.86. The third-order valence-electron chi connectivity index (χ3n) is 3.88. The molecule has 0 saturated heterocycles. The van der Waals surface area contributed by atoms with E-state index in [1.54, 1.807) is 4.68 Å². The van der Waals surface area contributed by atoms with Crippen LogP contribution < -0.4 is 0 Å². The summed E-state index contributed by atoms with van der Waals surface area (Å²) < 4.78 is 6.48. The monoisotopic (exact) mass is 294 g/mol. The molecule has 0 unspecified atom stereocenters. The fourth-order valence-electron chi connectivity index (χ4n) is 2.81. The fourth-order valence-corrected chi connectivity index (χ4v) is 2.81. The number of aromatic nitrogens is 2. The molecule has 0 fully saturated rings. The Labute approximate surface area is 129 Å². The third-order valence-corrected chi connectivity index (χ3v) is 3.88. The van der Waals surface area contributed by atoms with E-state index in [9.17, 15) is 4.79 Å². The van der Waals surface area contributed by atoms with Gasteiger partial charge < -0.3 is 4.74 Å². The summed E-state index contributed by atoms with van der Waals surface area (Å²) in [6, 6.07) is 14.2. The van der Waals surface area contributed by atoms with E-state index >= 15 is 0 Å². The Kier molecular flexibility index (Phi) is 3.67. The van der Waals surface area contributed by atoms with Crippen molar-refractivity contribution in [1.82, 2.24) is 9.78 Å². The number of hydrogen-bond donors (Lipinski definition) is 0. The Bertz CT molecular complexity index is 829. The van der Waals surface area contributed by atoms with Gasteiger partial charge in [0.05, 0.1) is 12.6 Å². The predicted octanol–water partition coefficient (Wildman–Crippen LogP) is 3.49. The van der Waals surface area contributed by atoms with Crippen molar-refractivity contribution in [3.63, 3.8) is 0 Å². The molecule has 3 aromatic rings. The third kappa shape index (κ3) is 2.37. The van der Waals surface area contributed by atoms with Crippen LogP contribution >= 0.6 is 0 Å². The highest BCUT2D eigenvalue weighted by molar-refractivity contribution is 5.95. The average molecular weight is 294 g/mol. The molecule has 3 rings (SSSR count). The molecular weight excluding hydrogens is 276 g/mol. The lowest BCUT2D eigenvalue weighted by molar-refractivity contribution is -0.141. The summed E-state index contributed by atoms with van der Waals surface area (Å²) in [6.45, 7) is 4.27. The molecule has 22 heavy (non-hydrogen) atoms. The Hall–Kier alpha value is -2.62. The molecule has 0 atom stereocenters. The SMILES string of the molecule is COC(=O)Cn1nc(-c2c(C)cccc2C)c2ccccc21. The number of nitrogens with zero attached hydrogens (tertiary/aromatic N) is 2. The zero-order valence-electron chi connectivity index (χ0n) is 13.0. The molecule has 0 amide bonds. The summed E-state index contributed by atoms with van der Waals surface area (Å²) in [7, 11) is 1.39. The maximum absolute atomic E-state index is 11.6. The van der Waals surface area contributed by atoms with Crippen molar-refractivity contribution >= 4 is 16.9 Å². The standard InChI is InChI=1S/C18H18N2O2/c1-12-7-6-8-13(2)17(12)18-14-9-4-5-10-15(14)20(19-18)11-16(21)22-3/h4-10H,11H2,1-3H3. The second kappa shape index (κ2) is 5.64. The Morgan fingerprint density at radius 3 is 2.45 bits per heavy atom. The summed E-state index contributed by atoms with van der Waals surface area (Å²) in [6.07, 6.45) is 0. The van der Waals surface area contributed by atoms with Gasteiger partial charge in [-0.1, -0.05) is 36.4 Å². The molecule has 0 bridgehead atoms. The minimum atomic E-state index is -0.304. The number of carbonyl (C=O) groups is 1. The number of ether oxygens (including phenoxy) is 1. The lowest BCUT2D eigenvalue weighted by Gasteiger charge is -2.07. The molecule has 0 aliphatic carbocycles. The summed E-state index contributed by atoms with van der Waals surface area (Å²) >= 11 is 0. The first-order valence-corrected chi connectivity index (χ1v) is 7.20. The van der Waals surface area contributed by atoms with E-state index in [0.717, 1.165) is 22.2 Å². The lowest BCUT2D eigenvalue weighted by atomic mass is 9.98. The molecule has 1 heterocycles. The number of para-hydroxylation sites is 1. The molecule has 1 aromatic heterocycles. The maximum Gasteiger partial charge on any atom is 0.327 e. The van der Waals surface area contributed by atoms with Crippen LogP contribution in [-0.2, 0) is 16.1 Å². The summed E-state index contributed by atoms with van der Waals surface area (Å²) in [5.41, 5.74) is 5.32. The van der Waals surface area contributed by atoms with E-state index in [0.29, 0.717) is 0 Å². The second-order valence-electron chi connectivity index (χ2n) is 5.37. The van der Waals surface area contributed by atoms with Crippen molar-refractivity contribution in [2.24, 2.45) is 0 Å². The Morgan fingerprint density at radius 1 is 1.09 bits per heavy atom. The van der Waals surface area contributed by atoms with Crippen molar-refractivity contribution in [3.8, 4) is 11.3 Å². The topological polar surface area (TPSA) is 44.1 Å². The van der Waals surface area contributed by atoms with Crippen LogP contribution in [0.4, 0.5) is 0 Å². The molecular formula is C18H18N2O2. The van der Waals surface area contributed by atoms with Gasteiger partial charge in [0.15, 0.2) is 0 Å². The number of hydrogen-bond acceptors (Lipinski definition) is 3. The summed E-state index contributed by atoms with van der Waals surface area (Å²) in [5.74, 6) is -0.304. The quantitative estimate of drug-likeness (QED) is 0.694. The van der Waals surface area contributed by atoms with Crippen LogP contribution in [-0.4, -0.2) is 22.9 Å².